The Kier molecular flexibility index (Phi) is 5.85. The molecule has 0 saturated carbocycles. The summed E-state index contributed by atoms with van der Waals surface area (Å²) in [5, 5.41) is 13.5. The highest BCUT2D eigenvalue weighted by Crippen LogP contribution is 2.44. The summed E-state index contributed by atoms with van der Waals surface area (Å²) < 4.78 is 13.0. The normalized spacial score (nSPS) is 15.5. The predicted molar refractivity (Wildman–Crippen MR) is 114 cm³/mol. The molecule has 1 aliphatic heterocycles. The van der Waals surface area contributed by atoms with Gasteiger partial charge >= 0.3 is 6.01 Å². The number of fused-ring (bicyclic) bond motifs is 1. The first-order chi connectivity index (χ1) is 15.0. The largest absolute Gasteiger partial charge is 0.494 e. The molecule has 1 atom stereocenters. The van der Waals surface area contributed by atoms with Gasteiger partial charge in [0.25, 0.3) is 0 Å². The number of rotatable bonds is 6. The maximum absolute atomic E-state index is 12.4. The number of aliphatic hydroxyl groups is 1. The molecule has 3 aromatic rings. The van der Waals surface area contributed by atoms with Gasteiger partial charge in [0.2, 0.25) is 5.91 Å². The number of ether oxygens (including phenoxy) is 2. The number of carbonyl (C=O) groups is 1. The summed E-state index contributed by atoms with van der Waals surface area (Å²) >= 11 is 0. The van der Waals surface area contributed by atoms with E-state index in [4.69, 9.17) is 9.47 Å². The second-order valence-corrected chi connectivity index (χ2v) is 7.44. The maximum atomic E-state index is 12.4. The van der Waals surface area contributed by atoms with Crippen LogP contribution in [0.25, 0.3) is 11.1 Å². The van der Waals surface area contributed by atoms with Crippen LogP contribution in [0, 0.1) is 0 Å². The maximum Gasteiger partial charge on any atom is 0.322 e. The molecule has 9 heteroatoms. The average Bonchev–Trinajstić information content (AvgIpc) is 3.22. The van der Waals surface area contributed by atoms with E-state index in [0.29, 0.717) is 18.0 Å². The Balaban J connectivity index is 1.83. The van der Waals surface area contributed by atoms with Gasteiger partial charge in [-0.05, 0) is 31.9 Å². The highest BCUT2D eigenvalue weighted by molar-refractivity contribution is 5.95. The molecular weight excluding hydrogens is 398 g/mol. The average molecular weight is 423 g/mol. The smallest absolute Gasteiger partial charge is 0.322 e. The Bertz CT molecular complexity index is 1080. The molecule has 2 aromatic heterocycles. The lowest BCUT2D eigenvalue weighted by molar-refractivity contribution is -0.117. The van der Waals surface area contributed by atoms with Crippen molar-refractivity contribution in [2.75, 3.05) is 18.6 Å². The fourth-order valence-corrected chi connectivity index (χ4v) is 3.91. The van der Waals surface area contributed by atoms with Crippen LogP contribution in [0.15, 0.2) is 36.9 Å². The molecule has 162 valence electrons. The zero-order valence-electron chi connectivity index (χ0n) is 17.8. The lowest BCUT2D eigenvalue weighted by Gasteiger charge is -2.35. The molecule has 0 radical (unpaired) electrons. The van der Waals surface area contributed by atoms with Gasteiger partial charge in [0.15, 0.2) is 5.75 Å². The summed E-state index contributed by atoms with van der Waals surface area (Å²) in [6.45, 7) is 4.02. The SMILES string of the molecule is COc1cnc(Oc2c(-c3cnn(CCO)c3)ccc3c2CC[C@H](C)N3C(C)=O)nc1. The molecule has 1 aliphatic rings. The van der Waals surface area contributed by atoms with Crippen LogP contribution < -0.4 is 14.4 Å². The Morgan fingerprint density at radius 1 is 1.26 bits per heavy atom. The van der Waals surface area contributed by atoms with Gasteiger partial charge < -0.3 is 19.5 Å². The molecule has 1 amide bonds. The van der Waals surface area contributed by atoms with E-state index >= 15 is 0 Å². The zero-order chi connectivity index (χ0) is 22.0. The van der Waals surface area contributed by atoms with Crippen LogP contribution in [-0.4, -0.2) is 50.5 Å². The number of hydrogen-bond donors (Lipinski definition) is 1. The van der Waals surface area contributed by atoms with E-state index in [2.05, 4.69) is 15.1 Å². The summed E-state index contributed by atoms with van der Waals surface area (Å²) in [4.78, 5) is 22.6. The number of carbonyl (C=O) groups excluding carboxylic acids is 1. The van der Waals surface area contributed by atoms with Crippen LogP contribution >= 0.6 is 0 Å². The Morgan fingerprint density at radius 3 is 2.71 bits per heavy atom. The number of benzene rings is 1. The van der Waals surface area contributed by atoms with E-state index in [1.165, 1.54) is 0 Å². The van der Waals surface area contributed by atoms with Crippen molar-refractivity contribution in [1.82, 2.24) is 19.7 Å². The summed E-state index contributed by atoms with van der Waals surface area (Å²) in [5.41, 5.74) is 3.43. The van der Waals surface area contributed by atoms with Gasteiger partial charge in [0.1, 0.15) is 5.75 Å². The molecular formula is C22H25N5O4. The van der Waals surface area contributed by atoms with Crippen LogP contribution in [0.4, 0.5) is 5.69 Å². The van der Waals surface area contributed by atoms with E-state index in [9.17, 15) is 9.90 Å². The second-order valence-electron chi connectivity index (χ2n) is 7.44. The fraction of sp³-hybridized carbons (Fsp3) is 0.364. The van der Waals surface area contributed by atoms with Crippen molar-refractivity contribution < 1.29 is 19.4 Å². The number of nitrogens with zero attached hydrogens (tertiary/aromatic N) is 5. The van der Waals surface area contributed by atoms with Crippen molar-refractivity contribution in [3.63, 3.8) is 0 Å². The highest BCUT2D eigenvalue weighted by Gasteiger charge is 2.30. The second kappa shape index (κ2) is 8.73. The van der Waals surface area contributed by atoms with Crippen LogP contribution in [0.5, 0.6) is 17.5 Å². The van der Waals surface area contributed by atoms with E-state index in [1.807, 2.05) is 25.3 Å². The van der Waals surface area contributed by atoms with Crippen molar-refractivity contribution in [2.24, 2.45) is 0 Å². The summed E-state index contributed by atoms with van der Waals surface area (Å²) in [6.07, 6.45) is 8.24. The van der Waals surface area contributed by atoms with Gasteiger partial charge in [0.05, 0.1) is 44.5 Å². The Morgan fingerprint density at radius 2 is 2.03 bits per heavy atom. The molecule has 4 rings (SSSR count). The minimum absolute atomic E-state index is 0.000185. The first-order valence-corrected chi connectivity index (χ1v) is 10.1. The first-order valence-electron chi connectivity index (χ1n) is 10.1. The van der Waals surface area contributed by atoms with Gasteiger partial charge in [-0.15, -0.1) is 0 Å². The van der Waals surface area contributed by atoms with E-state index in [-0.39, 0.29) is 24.6 Å². The molecule has 0 aliphatic carbocycles. The number of methoxy groups -OCH3 is 1. The van der Waals surface area contributed by atoms with Crippen LogP contribution in [0.1, 0.15) is 25.8 Å². The summed E-state index contributed by atoms with van der Waals surface area (Å²) in [7, 11) is 1.55. The van der Waals surface area contributed by atoms with Crippen molar-refractivity contribution >= 4 is 11.6 Å². The monoisotopic (exact) mass is 423 g/mol. The molecule has 0 spiro atoms. The minimum atomic E-state index is -0.0105. The van der Waals surface area contributed by atoms with Gasteiger partial charge in [0, 0.05) is 35.9 Å². The molecule has 0 saturated heterocycles. The number of aromatic nitrogens is 4. The minimum Gasteiger partial charge on any atom is -0.494 e. The van der Waals surface area contributed by atoms with Gasteiger partial charge in [-0.2, -0.15) is 15.1 Å². The van der Waals surface area contributed by atoms with Crippen LogP contribution in [-0.2, 0) is 17.8 Å². The molecule has 3 heterocycles. The fourth-order valence-electron chi connectivity index (χ4n) is 3.91. The third-order valence-corrected chi connectivity index (χ3v) is 5.39. The highest BCUT2D eigenvalue weighted by atomic mass is 16.5. The zero-order valence-corrected chi connectivity index (χ0v) is 17.8. The molecule has 0 unspecified atom stereocenters. The molecule has 31 heavy (non-hydrogen) atoms. The number of aliphatic hydroxyl groups excluding tert-OH is 1. The first kappa shape index (κ1) is 20.8. The van der Waals surface area contributed by atoms with Gasteiger partial charge in [-0.3, -0.25) is 9.48 Å². The van der Waals surface area contributed by atoms with Gasteiger partial charge in [-0.25, -0.2) is 0 Å². The lowest BCUT2D eigenvalue weighted by atomic mass is 9.92. The van der Waals surface area contributed by atoms with Crippen molar-refractivity contribution in [3.8, 4) is 28.6 Å². The Hall–Kier alpha value is -3.46. The molecule has 1 aromatic carbocycles. The molecule has 0 fully saturated rings. The summed E-state index contributed by atoms with van der Waals surface area (Å²) in [5.74, 6) is 1.12. The summed E-state index contributed by atoms with van der Waals surface area (Å²) in [6, 6.07) is 4.16. The molecule has 0 bridgehead atoms. The molecule has 9 nitrogen and oxygen atoms in total. The predicted octanol–water partition coefficient (Wildman–Crippen LogP) is 2.82. The third kappa shape index (κ3) is 4.09. The quantitative estimate of drug-likeness (QED) is 0.650. The lowest BCUT2D eigenvalue weighted by Crippen LogP contribution is -2.40. The van der Waals surface area contributed by atoms with E-state index < -0.39 is 0 Å². The van der Waals surface area contributed by atoms with Crippen molar-refractivity contribution in [3.05, 3.63) is 42.5 Å². The van der Waals surface area contributed by atoms with E-state index in [1.54, 1.807) is 42.2 Å². The number of anilines is 1. The van der Waals surface area contributed by atoms with Crippen LogP contribution in [0.3, 0.4) is 0 Å². The molecule has 1 N–H and O–H groups in total. The Labute approximate surface area is 180 Å². The van der Waals surface area contributed by atoms with Crippen LogP contribution in [0.2, 0.25) is 0 Å². The van der Waals surface area contributed by atoms with E-state index in [0.717, 1.165) is 35.2 Å². The standard InChI is InChI=1S/C22H25N5O4/c1-14-4-5-19-20(27(14)15(2)29)7-6-18(16-10-25-26(13-16)8-9-28)21(19)31-22-23-11-17(30-3)12-24-22/h6-7,10-14,28H,4-5,8-9H2,1-3H3/t14-/m0/s1. The third-order valence-electron chi connectivity index (χ3n) is 5.39. The topological polar surface area (TPSA) is 103 Å². The number of hydrogen-bond acceptors (Lipinski definition) is 7. The number of amides is 1. The van der Waals surface area contributed by atoms with Gasteiger partial charge in [-0.1, -0.05) is 0 Å². The van der Waals surface area contributed by atoms with Crippen molar-refractivity contribution in [2.45, 2.75) is 39.3 Å². The van der Waals surface area contributed by atoms with Crippen molar-refractivity contribution in [1.29, 1.82) is 0 Å².